The van der Waals surface area contributed by atoms with Crippen molar-refractivity contribution >= 4 is 27.7 Å². The Morgan fingerprint density at radius 3 is 2.65 bits per heavy atom. The zero-order valence-corrected chi connectivity index (χ0v) is 12.0. The topological polar surface area (TPSA) is 45.2 Å². The number of aryl methyl sites for hydroxylation is 1. The fraction of sp³-hybridized carbons (Fsp3) is 0.500. The fourth-order valence-corrected chi connectivity index (χ4v) is 2.02. The summed E-state index contributed by atoms with van der Waals surface area (Å²) in [6.07, 6.45) is 1.72. The Balaban J connectivity index is 2.58. The molecule has 0 aliphatic rings. The minimum Gasteiger partial charge on any atom is -0.361 e. The molecule has 1 amide bonds. The standard InChI is InChI=1S/C12H18BrN3O/c1-4-16(5-2)11(17)8-15-12-9(3)6-10(13)7-14-12/h6-7H,4-5,8H2,1-3H3,(H,14,15). The van der Waals surface area contributed by atoms with Gasteiger partial charge in [0, 0.05) is 23.8 Å². The van der Waals surface area contributed by atoms with E-state index in [-0.39, 0.29) is 12.5 Å². The van der Waals surface area contributed by atoms with Gasteiger partial charge in [0.25, 0.3) is 0 Å². The van der Waals surface area contributed by atoms with Crippen molar-refractivity contribution in [2.45, 2.75) is 20.8 Å². The van der Waals surface area contributed by atoms with Crippen LogP contribution in [0.3, 0.4) is 0 Å². The molecular weight excluding hydrogens is 282 g/mol. The van der Waals surface area contributed by atoms with Crippen LogP contribution in [-0.4, -0.2) is 35.4 Å². The van der Waals surface area contributed by atoms with E-state index in [9.17, 15) is 4.79 Å². The molecule has 5 heteroatoms. The molecule has 1 aromatic heterocycles. The average Bonchev–Trinajstić information content (AvgIpc) is 2.29. The van der Waals surface area contributed by atoms with Crippen LogP contribution in [0.4, 0.5) is 5.82 Å². The van der Waals surface area contributed by atoms with Crippen molar-refractivity contribution in [1.29, 1.82) is 0 Å². The van der Waals surface area contributed by atoms with Crippen LogP contribution < -0.4 is 5.32 Å². The summed E-state index contributed by atoms with van der Waals surface area (Å²) in [5.74, 6) is 0.854. The van der Waals surface area contributed by atoms with Gasteiger partial charge in [-0.05, 0) is 48.3 Å². The summed E-state index contributed by atoms with van der Waals surface area (Å²) in [5.41, 5.74) is 1.02. The number of aromatic nitrogens is 1. The van der Waals surface area contributed by atoms with Crippen LogP contribution in [0.2, 0.25) is 0 Å². The van der Waals surface area contributed by atoms with Gasteiger partial charge in [0.05, 0.1) is 6.54 Å². The highest BCUT2D eigenvalue weighted by Gasteiger charge is 2.09. The lowest BCUT2D eigenvalue weighted by molar-refractivity contribution is -0.128. The molecule has 1 N–H and O–H groups in total. The number of nitrogens with one attached hydrogen (secondary N) is 1. The fourth-order valence-electron chi connectivity index (χ4n) is 1.57. The first-order valence-electron chi connectivity index (χ1n) is 5.72. The largest absolute Gasteiger partial charge is 0.361 e. The monoisotopic (exact) mass is 299 g/mol. The maximum Gasteiger partial charge on any atom is 0.241 e. The molecular formula is C12H18BrN3O. The number of hydrogen-bond donors (Lipinski definition) is 1. The maximum absolute atomic E-state index is 11.8. The Labute approximate surface area is 111 Å². The lowest BCUT2D eigenvalue weighted by Crippen LogP contribution is -2.35. The number of hydrogen-bond acceptors (Lipinski definition) is 3. The number of pyridine rings is 1. The average molecular weight is 300 g/mol. The molecule has 0 radical (unpaired) electrons. The smallest absolute Gasteiger partial charge is 0.241 e. The van der Waals surface area contributed by atoms with E-state index < -0.39 is 0 Å². The zero-order valence-electron chi connectivity index (χ0n) is 10.5. The van der Waals surface area contributed by atoms with E-state index in [2.05, 4.69) is 26.2 Å². The molecule has 1 heterocycles. The van der Waals surface area contributed by atoms with Crippen LogP contribution in [0, 0.1) is 6.92 Å². The first-order valence-corrected chi connectivity index (χ1v) is 6.51. The van der Waals surface area contributed by atoms with Gasteiger partial charge in [-0.3, -0.25) is 4.79 Å². The Morgan fingerprint density at radius 1 is 1.47 bits per heavy atom. The van der Waals surface area contributed by atoms with E-state index in [1.807, 2.05) is 26.8 Å². The molecule has 0 spiro atoms. The second-order valence-electron chi connectivity index (χ2n) is 3.74. The number of anilines is 1. The van der Waals surface area contributed by atoms with Crippen molar-refractivity contribution in [2.75, 3.05) is 25.0 Å². The highest BCUT2D eigenvalue weighted by molar-refractivity contribution is 9.10. The lowest BCUT2D eigenvalue weighted by atomic mass is 10.3. The summed E-state index contributed by atoms with van der Waals surface area (Å²) in [4.78, 5) is 17.8. The minimum atomic E-state index is 0.0964. The molecule has 0 unspecified atom stereocenters. The first-order chi connectivity index (χ1) is 8.08. The van der Waals surface area contributed by atoms with Gasteiger partial charge in [0.2, 0.25) is 5.91 Å². The maximum atomic E-state index is 11.8. The number of carbonyl (C=O) groups is 1. The summed E-state index contributed by atoms with van der Waals surface area (Å²) in [6, 6.07) is 1.97. The Kier molecular flexibility index (Phi) is 5.41. The van der Waals surface area contributed by atoms with Crippen LogP contribution in [-0.2, 0) is 4.79 Å². The van der Waals surface area contributed by atoms with E-state index in [0.717, 1.165) is 28.9 Å². The number of amides is 1. The third-order valence-electron chi connectivity index (χ3n) is 2.57. The van der Waals surface area contributed by atoms with E-state index in [4.69, 9.17) is 0 Å². The predicted octanol–water partition coefficient (Wildman–Crippen LogP) is 2.43. The molecule has 0 atom stereocenters. The van der Waals surface area contributed by atoms with E-state index >= 15 is 0 Å². The molecule has 4 nitrogen and oxygen atoms in total. The van der Waals surface area contributed by atoms with Crippen molar-refractivity contribution < 1.29 is 4.79 Å². The third-order valence-corrected chi connectivity index (χ3v) is 3.00. The molecule has 17 heavy (non-hydrogen) atoms. The Bertz CT molecular complexity index is 391. The first kappa shape index (κ1) is 14.0. The van der Waals surface area contributed by atoms with Gasteiger partial charge < -0.3 is 10.2 Å². The highest BCUT2D eigenvalue weighted by Crippen LogP contribution is 2.16. The normalized spacial score (nSPS) is 10.1. The highest BCUT2D eigenvalue weighted by atomic mass is 79.9. The van der Waals surface area contributed by atoms with Crippen LogP contribution in [0.1, 0.15) is 19.4 Å². The predicted molar refractivity (Wildman–Crippen MR) is 73.1 cm³/mol. The minimum absolute atomic E-state index is 0.0964. The van der Waals surface area contributed by atoms with E-state index in [1.165, 1.54) is 0 Å². The van der Waals surface area contributed by atoms with Gasteiger partial charge >= 0.3 is 0 Å². The van der Waals surface area contributed by atoms with E-state index in [0.29, 0.717) is 0 Å². The SMILES string of the molecule is CCN(CC)C(=O)CNc1ncc(Br)cc1C. The number of carbonyl (C=O) groups excluding carboxylic acids is 1. The summed E-state index contributed by atoms with van der Waals surface area (Å²) >= 11 is 3.36. The van der Waals surface area contributed by atoms with Crippen molar-refractivity contribution in [2.24, 2.45) is 0 Å². The molecule has 0 bridgehead atoms. The number of likely N-dealkylation sites (N-methyl/N-ethyl adjacent to an activating group) is 1. The second kappa shape index (κ2) is 6.59. The summed E-state index contributed by atoms with van der Waals surface area (Å²) in [6.45, 7) is 7.68. The molecule has 0 saturated heterocycles. The van der Waals surface area contributed by atoms with Crippen molar-refractivity contribution in [1.82, 2.24) is 9.88 Å². The lowest BCUT2D eigenvalue weighted by Gasteiger charge is -2.19. The molecule has 0 fully saturated rings. The molecule has 0 aromatic carbocycles. The summed E-state index contributed by atoms with van der Waals surface area (Å²) in [5, 5.41) is 3.07. The number of rotatable bonds is 5. The van der Waals surface area contributed by atoms with Crippen LogP contribution >= 0.6 is 15.9 Å². The Morgan fingerprint density at radius 2 is 2.12 bits per heavy atom. The van der Waals surface area contributed by atoms with Gasteiger partial charge in [-0.2, -0.15) is 0 Å². The van der Waals surface area contributed by atoms with Crippen molar-refractivity contribution in [3.8, 4) is 0 Å². The second-order valence-corrected chi connectivity index (χ2v) is 4.65. The Hall–Kier alpha value is -1.10. The zero-order chi connectivity index (χ0) is 12.8. The molecule has 0 aliphatic carbocycles. The van der Waals surface area contributed by atoms with Gasteiger partial charge in [0.1, 0.15) is 5.82 Å². The molecule has 1 rings (SSSR count). The number of nitrogens with zero attached hydrogens (tertiary/aromatic N) is 2. The van der Waals surface area contributed by atoms with Crippen LogP contribution in [0.5, 0.6) is 0 Å². The quantitative estimate of drug-likeness (QED) is 0.908. The van der Waals surface area contributed by atoms with Crippen LogP contribution in [0.25, 0.3) is 0 Å². The molecule has 0 aliphatic heterocycles. The van der Waals surface area contributed by atoms with Crippen LogP contribution in [0.15, 0.2) is 16.7 Å². The summed E-state index contributed by atoms with van der Waals surface area (Å²) < 4.78 is 0.940. The van der Waals surface area contributed by atoms with Gasteiger partial charge in [-0.15, -0.1) is 0 Å². The van der Waals surface area contributed by atoms with Gasteiger partial charge in [-0.1, -0.05) is 0 Å². The summed E-state index contributed by atoms with van der Waals surface area (Å²) in [7, 11) is 0. The van der Waals surface area contributed by atoms with E-state index in [1.54, 1.807) is 11.1 Å². The molecule has 94 valence electrons. The van der Waals surface area contributed by atoms with Gasteiger partial charge in [0.15, 0.2) is 0 Å². The number of halogens is 1. The van der Waals surface area contributed by atoms with Crippen molar-refractivity contribution in [3.63, 3.8) is 0 Å². The molecule has 0 saturated carbocycles. The van der Waals surface area contributed by atoms with Crippen molar-refractivity contribution in [3.05, 3.63) is 22.3 Å². The molecule has 1 aromatic rings. The van der Waals surface area contributed by atoms with Gasteiger partial charge in [-0.25, -0.2) is 4.98 Å². The third kappa shape index (κ3) is 4.00.